The standard InChI is InChI=1S/C10H12N3O/c1-3-11-4-2-10(1)12-9-13-5-7-14-8-6-13/h1,3-4,9H,5-8H2. The molecule has 73 valence electrons. The molecule has 0 N–H and O–H groups in total. The average Bonchev–Trinajstić information content (AvgIpc) is 2.29. The quantitative estimate of drug-likeness (QED) is 0.513. The highest BCUT2D eigenvalue weighted by Gasteiger charge is 2.05. The van der Waals surface area contributed by atoms with E-state index in [9.17, 15) is 0 Å². The molecule has 4 nitrogen and oxygen atoms in total. The molecule has 1 aliphatic rings. The van der Waals surface area contributed by atoms with Crippen LogP contribution in [-0.2, 0) is 4.74 Å². The molecular weight excluding hydrogens is 178 g/mol. The summed E-state index contributed by atoms with van der Waals surface area (Å²) >= 11 is 0. The van der Waals surface area contributed by atoms with Gasteiger partial charge in [-0.15, -0.1) is 0 Å². The van der Waals surface area contributed by atoms with Gasteiger partial charge < -0.3 is 9.64 Å². The maximum Gasteiger partial charge on any atom is 0.0914 e. The van der Waals surface area contributed by atoms with Crippen LogP contribution in [0.4, 0.5) is 5.69 Å². The Hall–Kier alpha value is -1.42. The summed E-state index contributed by atoms with van der Waals surface area (Å²) in [5.74, 6) is 0. The second-order valence-corrected chi connectivity index (χ2v) is 3.02. The van der Waals surface area contributed by atoms with E-state index in [1.165, 1.54) is 0 Å². The molecule has 0 unspecified atom stereocenters. The lowest BCUT2D eigenvalue weighted by Crippen LogP contribution is -2.34. The van der Waals surface area contributed by atoms with Gasteiger partial charge >= 0.3 is 0 Å². The number of hydrogen-bond acceptors (Lipinski definition) is 3. The Morgan fingerprint density at radius 1 is 1.50 bits per heavy atom. The third-order valence-electron chi connectivity index (χ3n) is 2.01. The first-order valence-electron chi connectivity index (χ1n) is 4.63. The Bertz CT molecular complexity index is 293. The Labute approximate surface area is 83.2 Å². The maximum atomic E-state index is 5.23. The molecule has 2 heterocycles. The van der Waals surface area contributed by atoms with Gasteiger partial charge in [0.25, 0.3) is 0 Å². The summed E-state index contributed by atoms with van der Waals surface area (Å²) in [7, 11) is 0. The van der Waals surface area contributed by atoms with Crippen LogP contribution in [0.25, 0.3) is 0 Å². The highest BCUT2D eigenvalue weighted by atomic mass is 16.5. The lowest BCUT2D eigenvalue weighted by molar-refractivity contribution is 0.0701. The van der Waals surface area contributed by atoms with E-state index >= 15 is 0 Å². The van der Waals surface area contributed by atoms with Crippen LogP contribution in [0.2, 0.25) is 0 Å². The first kappa shape index (κ1) is 9.15. The van der Waals surface area contributed by atoms with E-state index in [1.807, 2.05) is 12.4 Å². The third-order valence-corrected chi connectivity index (χ3v) is 2.01. The van der Waals surface area contributed by atoms with Gasteiger partial charge in [0.15, 0.2) is 0 Å². The van der Waals surface area contributed by atoms with Gasteiger partial charge in [-0.3, -0.25) is 4.98 Å². The van der Waals surface area contributed by atoms with Crippen molar-refractivity contribution in [1.29, 1.82) is 0 Å². The molecule has 1 aromatic rings. The molecule has 1 aliphatic heterocycles. The number of pyridine rings is 1. The van der Waals surface area contributed by atoms with E-state index in [2.05, 4.69) is 20.9 Å². The first-order valence-corrected chi connectivity index (χ1v) is 4.63. The summed E-state index contributed by atoms with van der Waals surface area (Å²) in [5.41, 5.74) is 0.812. The largest absolute Gasteiger partial charge is 0.378 e. The zero-order valence-corrected chi connectivity index (χ0v) is 7.89. The Balaban J connectivity index is 1.93. The number of hydrogen-bond donors (Lipinski definition) is 0. The summed E-state index contributed by atoms with van der Waals surface area (Å²) in [5, 5.41) is 0. The molecule has 0 aliphatic carbocycles. The number of aromatic nitrogens is 1. The minimum Gasteiger partial charge on any atom is -0.378 e. The van der Waals surface area contributed by atoms with Crippen LogP contribution in [-0.4, -0.2) is 42.5 Å². The van der Waals surface area contributed by atoms with Crippen molar-refractivity contribution in [3.8, 4) is 0 Å². The van der Waals surface area contributed by atoms with Gasteiger partial charge in [0, 0.05) is 31.5 Å². The summed E-state index contributed by atoms with van der Waals surface area (Å²) in [6.07, 6.45) is 5.17. The van der Waals surface area contributed by atoms with Crippen molar-refractivity contribution in [2.75, 3.05) is 26.3 Å². The summed E-state index contributed by atoms with van der Waals surface area (Å²) in [4.78, 5) is 10.3. The van der Waals surface area contributed by atoms with Crippen LogP contribution in [0.1, 0.15) is 0 Å². The molecule has 1 aromatic heterocycles. The van der Waals surface area contributed by atoms with Crippen LogP contribution in [0.3, 0.4) is 0 Å². The van der Waals surface area contributed by atoms with E-state index < -0.39 is 0 Å². The SMILES string of the molecule is [c]1cnccc1N=CN1CCOCC1. The number of nitrogens with zero attached hydrogens (tertiary/aromatic N) is 3. The number of rotatable bonds is 2. The van der Waals surface area contributed by atoms with E-state index in [-0.39, 0.29) is 0 Å². The van der Waals surface area contributed by atoms with Crippen LogP contribution in [0, 0.1) is 6.07 Å². The lowest BCUT2D eigenvalue weighted by Gasteiger charge is -2.24. The molecule has 1 radical (unpaired) electrons. The molecule has 0 amide bonds. The zero-order valence-electron chi connectivity index (χ0n) is 7.89. The minimum atomic E-state index is 0.784. The minimum absolute atomic E-state index is 0.784. The fourth-order valence-corrected chi connectivity index (χ4v) is 1.23. The van der Waals surface area contributed by atoms with Crippen LogP contribution < -0.4 is 0 Å². The topological polar surface area (TPSA) is 37.7 Å². The van der Waals surface area contributed by atoms with E-state index in [1.54, 1.807) is 12.4 Å². The normalized spacial score (nSPS) is 17.6. The summed E-state index contributed by atoms with van der Waals surface area (Å²) in [6, 6.07) is 4.77. The van der Waals surface area contributed by atoms with Crippen LogP contribution >= 0.6 is 0 Å². The number of aliphatic imine (C=N–C) groups is 1. The molecule has 1 saturated heterocycles. The van der Waals surface area contributed by atoms with Crippen molar-refractivity contribution in [2.24, 2.45) is 4.99 Å². The van der Waals surface area contributed by atoms with Gasteiger partial charge in [0.2, 0.25) is 0 Å². The molecule has 14 heavy (non-hydrogen) atoms. The monoisotopic (exact) mass is 190 g/mol. The van der Waals surface area contributed by atoms with Crippen molar-refractivity contribution >= 4 is 12.0 Å². The third kappa shape index (κ3) is 2.53. The molecule has 0 aromatic carbocycles. The fourth-order valence-electron chi connectivity index (χ4n) is 1.23. The van der Waals surface area contributed by atoms with Gasteiger partial charge in [-0.2, -0.15) is 0 Å². The molecule has 1 fully saturated rings. The molecule has 0 atom stereocenters. The first-order chi connectivity index (χ1) is 6.95. The summed E-state index contributed by atoms with van der Waals surface area (Å²) < 4.78 is 5.23. The van der Waals surface area contributed by atoms with Gasteiger partial charge in [0.05, 0.1) is 25.2 Å². The van der Waals surface area contributed by atoms with Gasteiger partial charge in [-0.1, -0.05) is 0 Å². The number of ether oxygens (including phenoxy) is 1. The predicted molar refractivity (Wildman–Crippen MR) is 53.6 cm³/mol. The smallest absolute Gasteiger partial charge is 0.0914 e. The molecule has 4 heteroatoms. The van der Waals surface area contributed by atoms with Crippen molar-refractivity contribution in [3.63, 3.8) is 0 Å². The Kier molecular flexibility index (Phi) is 3.08. The molecule has 0 bridgehead atoms. The van der Waals surface area contributed by atoms with Gasteiger partial charge in [-0.05, 0) is 6.07 Å². The van der Waals surface area contributed by atoms with Crippen LogP contribution in [0.15, 0.2) is 23.5 Å². The predicted octanol–water partition coefficient (Wildman–Crippen LogP) is 0.874. The van der Waals surface area contributed by atoms with Gasteiger partial charge in [-0.25, -0.2) is 4.99 Å². The Morgan fingerprint density at radius 2 is 2.36 bits per heavy atom. The molecule has 0 saturated carbocycles. The second-order valence-electron chi connectivity index (χ2n) is 3.02. The molecule has 2 rings (SSSR count). The lowest BCUT2D eigenvalue weighted by atomic mass is 10.4. The maximum absolute atomic E-state index is 5.23. The van der Waals surface area contributed by atoms with Crippen molar-refractivity contribution in [2.45, 2.75) is 0 Å². The number of morpholine rings is 1. The van der Waals surface area contributed by atoms with E-state index in [0.29, 0.717) is 0 Å². The van der Waals surface area contributed by atoms with Gasteiger partial charge in [0.1, 0.15) is 0 Å². The average molecular weight is 190 g/mol. The highest BCUT2D eigenvalue weighted by Crippen LogP contribution is 2.06. The van der Waals surface area contributed by atoms with Crippen molar-refractivity contribution < 1.29 is 4.74 Å². The van der Waals surface area contributed by atoms with Crippen LogP contribution in [0.5, 0.6) is 0 Å². The Morgan fingerprint density at radius 3 is 3.07 bits per heavy atom. The van der Waals surface area contributed by atoms with Crippen molar-refractivity contribution in [1.82, 2.24) is 9.88 Å². The zero-order chi connectivity index (χ0) is 9.64. The van der Waals surface area contributed by atoms with E-state index in [0.717, 1.165) is 32.0 Å². The fraction of sp³-hybridized carbons (Fsp3) is 0.400. The summed E-state index contributed by atoms with van der Waals surface area (Å²) in [6.45, 7) is 3.39. The molecule has 0 spiro atoms. The van der Waals surface area contributed by atoms with Crippen molar-refractivity contribution in [3.05, 3.63) is 24.5 Å². The molecular formula is C10H12N3O. The van der Waals surface area contributed by atoms with E-state index in [4.69, 9.17) is 4.74 Å². The highest BCUT2D eigenvalue weighted by molar-refractivity contribution is 5.60. The second kappa shape index (κ2) is 4.72.